The standard InChI is InChI=1S/C12H6F3IN2O/c13-6-3-8(14)11(9(15)4-6)12(19)18-10-2-1-7(16)5-17-10/h1-5H,(H,17,18,19). The van der Waals surface area contributed by atoms with Gasteiger partial charge < -0.3 is 5.32 Å². The van der Waals surface area contributed by atoms with Crippen molar-refractivity contribution in [3.05, 3.63) is 57.0 Å². The van der Waals surface area contributed by atoms with Crippen molar-refractivity contribution in [3.63, 3.8) is 0 Å². The summed E-state index contributed by atoms with van der Waals surface area (Å²) in [7, 11) is 0. The minimum atomic E-state index is -1.26. The van der Waals surface area contributed by atoms with Gasteiger partial charge in [-0.1, -0.05) is 0 Å². The Morgan fingerprint density at radius 1 is 1.16 bits per heavy atom. The third-order valence-electron chi connectivity index (χ3n) is 2.20. The predicted molar refractivity (Wildman–Crippen MR) is 71.2 cm³/mol. The van der Waals surface area contributed by atoms with Crippen molar-refractivity contribution in [3.8, 4) is 0 Å². The first kappa shape index (κ1) is 13.8. The number of halogens is 4. The fourth-order valence-electron chi connectivity index (χ4n) is 1.39. The number of anilines is 1. The number of hydrogen-bond donors (Lipinski definition) is 1. The van der Waals surface area contributed by atoms with Gasteiger partial charge >= 0.3 is 0 Å². The summed E-state index contributed by atoms with van der Waals surface area (Å²) >= 11 is 2.02. The first-order valence-corrected chi connectivity index (χ1v) is 6.12. The molecule has 2 aromatic rings. The molecule has 0 saturated heterocycles. The smallest absolute Gasteiger partial charge is 0.262 e. The molecule has 0 radical (unpaired) electrons. The number of nitrogens with one attached hydrogen (secondary N) is 1. The molecule has 1 aromatic carbocycles. The average Bonchev–Trinajstić information content (AvgIpc) is 2.30. The lowest BCUT2D eigenvalue weighted by atomic mass is 10.2. The number of pyridine rings is 1. The molecule has 0 unspecified atom stereocenters. The first-order chi connectivity index (χ1) is 8.97. The van der Waals surface area contributed by atoms with E-state index in [1.54, 1.807) is 6.07 Å². The minimum absolute atomic E-state index is 0.147. The van der Waals surface area contributed by atoms with E-state index in [-0.39, 0.29) is 5.82 Å². The van der Waals surface area contributed by atoms with E-state index in [2.05, 4.69) is 10.3 Å². The van der Waals surface area contributed by atoms with Crippen LogP contribution in [0.1, 0.15) is 10.4 Å². The van der Waals surface area contributed by atoms with E-state index in [4.69, 9.17) is 0 Å². The van der Waals surface area contributed by atoms with Gasteiger partial charge in [-0.05, 0) is 34.7 Å². The maximum absolute atomic E-state index is 13.4. The maximum Gasteiger partial charge on any atom is 0.262 e. The van der Waals surface area contributed by atoms with Gasteiger partial charge in [0.1, 0.15) is 28.8 Å². The Balaban J connectivity index is 2.28. The highest BCUT2D eigenvalue weighted by Gasteiger charge is 2.19. The van der Waals surface area contributed by atoms with E-state index < -0.39 is 28.9 Å². The number of rotatable bonds is 2. The van der Waals surface area contributed by atoms with E-state index in [0.29, 0.717) is 12.1 Å². The molecule has 1 N–H and O–H groups in total. The Morgan fingerprint density at radius 2 is 1.79 bits per heavy atom. The summed E-state index contributed by atoms with van der Waals surface area (Å²) in [6.45, 7) is 0. The number of nitrogens with zero attached hydrogens (tertiary/aromatic N) is 1. The molecule has 1 amide bonds. The molecule has 7 heteroatoms. The van der Waals surface area contributed by atoms with Gasteiger partial charge in [0.15, 0.2) is 0 Å². The number of hydrogen-bond acceptors (Lipinski definition) is 2. The van der Waals surface area contributed by atoms with Crippen LogP contribution in [0.4, 0.5) is 19.0 Å². The van der Waals surface area contributed by atoms with E-state index in [0.717, 1.165) is 3.57 Å². The van der Waals surface area contributed by atoms with Crippen LogP contribution in [0.15, 0.2) is 30.5 Å². The van der Waals surface area contributed by atoms with Gasteiger partial charge in [-0.2, -0.15) is 0 Å². The van der Waals surface area contributed by atoms with Gasteiger partial charge in [0.05, 0.1) is 0 Å². The Bertz CT molecular complexity index is 608. The zero-order chi connectivity index (χ0) is 14.0. The van der Waals surface area contributed by atoms with Crippen molar-refractivity contribution in [1.82, 2.24) is 4.98 Å². The molecule has 0 spiro atoms. The largest absolute Gasteiger partial charge is 0.306 e. The molecule has 0 bridgehead atoms. The Kier molecular flexibility index (Phi) is 4.03. The van der Waals surface area contributed by atoms with Gasteiger partial charge in [0, 0.05) is 21.9 Å². The molecule has 3 nitrogen and oxygen atoms in total. The van der Waals surface area contributed by atoms with Crippen LogP contribution in [0.3, 0.4) is 0 Å². The Hall–Kier alpha value is -1.64. The first-order valence-electron chi connectivity index (χ1n) is 5.05. The molecule has 0 atom stereocenters. The Labute approximate surface area is 120 Å². The van der Waals surface area contributed by atoms with Crippen LogP contribution < -0.4 is 5.32 Å². The summed E-state index contributed by atoms with van der Waals surface area (Å²) in [5.74, 6) is -4.49. The van der Waals surface area contributed by atoms with Gasteiger partial charge in [0.25, 0.3) is 5.91 Å². The molecule has 0 aliphatic heterocycles. The van der Waals surface area contributed by atoms with Crippen LogP contribution >= 0.6 is 22.6 Å². The third kappa shape index (κ3) is 3.22. The van der Waals surface area contributed by atoms with Gasteiger partial charge in [-0.3, -0.25) is 4.79 Å². The lowest BCUT2D eigenvalue weighted by molar-refractivity contribution is 0.101. The second-order valence-corrected chi connectivity index (χ2v) is 4.81. The lowest BCUT2D eigenvalue weighted by Gasteiger charge is -2.06. The normalized spacial score (nSPS) is 10.3. The van der Waals surface area contributed by atoms with Crippen molar-refractivity contribution in [2.24, 2.45) is 0 Å². The molecule has 0 aliphatic carbocycles. The van der Waals surface area contributed by atoms with Crippen LogP contribution in [0.2, 0.25) is 0 Å². The molecule has 1 aromatic heterocycles. The van der Waals surface area contributed by atoms with E-state index in [1.165, 1.54) is 12.3 Å². The van der Waals surface area contributed by atoms with Crippen molar-refractivity contribution < 1.29 is 18.0 Å². The molecule has 1 heterocycles. The van der Waals surface area contributed by atoms with E-state index in [1.807, 2.05) is 22.6 Å². The topological polar surface area (TPSA) is 42.0 Å². The zero-order valence-electron chi connectivity index (χ0n) is 9.25. The summed E-state index contributed by atoms with van der Waals surface area (Å²) in [5, 5.41) is 2.23. The summed E-state index contributed by atoms with van der Waals surface area (Å²) in [4.78, 5) is 15.6. The van der Waals surface area contributed by atoms with E-state index in [9.17, 15) is 18.0 Å². The summed E-state index contributed by atoms with van der Waals surface area (Å²) in [6, 6.07) is 4.04. The summed E-state index contributed by atoms with van der Waals surface area (Å²) in [6.07, 6.45) is 1.48. The second kappa shape index (κ2) is 5.55. The lowest BCUT2D eigenvalue weighted by Crippen LogP contribution is -2.17. The molecule has 98 valence electrons. The van der Waals surface area contributed by atoms with Crippen LogP contribution in [-0.4, -0.2) is 10.9 Å². The molecule has 0 aliphatic rings. The molecular weight excluding hydrogens is 372 g/mol. The van der Waals surface area contributed by atoms with Crippen molar-refractivity contribution >= 4 is 34.3 Å². The average molecular weight is 378 g/mol. The number of amides is 1. The monoisotopic (exact) mass is 378 g/mol. The van der Waals surface area contributed by atoms with E-state index >= 15 is 0 Å². The third-order valence-corrected chi connectivity index (χ3v) is 2.84. The van der Waals surface area contributed by atoms with Crippen molar-refractivity contribution in [1.29, 1.82) is 0 Å². The highest BCUT2D eigenvalue weighted by molar-refractivity contribution is 14.1. The quantitative estimate of drug-likeness (QED) is 0.815. The van der Waals surface area contributed by atoms with Crippen LogP contribution in [0.25, 0.3) is 0 Å². The molecule has 19 heavy (non-hydrogen) atoms. The van der Waals surface area contributed by atoms with Gasteiger partial charge in [-0.15, -0.1) is 0 Å². The molecular formula is C12H6F3IN2O. The summed E-state index contributed by atoms with van der Waals surface area (Å²) < 4.78 is 40.3. The second-order valence-electron chi connectivity index (χ2n) is 3.56. The van der Waals surface area contributed by atoms with Gasteiger partial charge in [-0.25, -0.2) is 18.2 Å². The minimum Gasteiger partial charge on any atom is -0.306 e. The maximum atomic E-state index is 13.4. The fourth-order valence-corrected chi connectivity index (χ4v) is 1.71. The summed E-state index contributed by atoms with van der Waals surface area (Å²) in [5.41, 5.74) is -0.846. The fraction of sp³-hybridized carbons (Fsp3) is 0. The van der Waals surface area contributed by atoms with Crippen LogP contribution in [0, 0.1) is 21.0 Å². The molecule has 2 rings (SSSR count). The van der Waals surface area contributed by atoms with Crippen molar-refractivity contribution in [2.45, 2.75) is 0 Å². The van der Waals surface area contributed by atoms with Gasteiger partial charge in [0.2, 0.25) is 0 Å². The Morgan fingerprint density at radius 3 is 2.32 bits per heavy atom. The van der Waals surface area contributed by atoms with Crippen LogP contribution in [-0.2, 0) is 0 Å². The van der Waals surface area contributed by atoms with Crippen LogP contribution in [0.5, 0.6) is 0 Å². The van der Waals surface area contributed by atoms with Crippen molar-refractivity contribution in [2.75, 3.05) is 5.32 Å². The number of carbonyl (C=O) groups excluding carboxylic acids is 1. The molecule has 0 fully saturated rings. The number of carbonyl (C=O) groups is 1. The molecule has 0 saturated carbocycles. The number of benzene rings is 1. The number of aromatic nitrogens is 1. The zero-order valence-corrected chi connectivity index (χ0v) is 11.4. The highest BCUT2D eigenvalue weighted by Crippen LogP contribution is 2.16. The predicted octanol–water partition coefficient (Wildman–Crippen LogP) is 3.36. The highest BCUT2D eigenvalue weighted by atomic mass is 127. The SMILES string of the molecule is O=C(Nc1ccc(I)cn1)c1c(F)cc(F)cc1F.